The fourth-order valence-electron chi connectivity index (χ4n) is 0.778. The SMILES string of the molecule is Cl.Cl.O=C(O)C(O)c1ccccc1. The van der Waals surface area contributed by atoms with Crippen molar-refractivity contribution < 1.29 is 15.0 Å². The molecule has 0 amide bonds. The molecule has 13 heavy (non-hydrogen) atoms. The third-order valence-corrected chi connectivity index (χ3v) is 1.35. The number of aliphatic hydroxyl groups is 1. The van der Waals surface area contributed by atoms with Crippen LogP contribution >= 0.6 is 24.8 Å². The smallest absolute Gasteiger partial charge is 0.337 e. The van der Waals surface area contributed by atoms with E-state index in [0.29, 0.717) is 5.56 Å². The normalized spacial score (nSPS) is 10.5. The third kappa shape index (κ3) is 4.12. The number of hydrogen-bond donors (Lipinski definition) is 2. The van der Waals surface area contributed by atoms with Crippen LogP contribution in [0, 0.1) is 0 Å². The van der Waals surface area contributed by atoms with Gasteiger partial charge in [-0.05, 0) is 5.56 Å². The van der Waals surface area contributed by atoms with Gasteiger partial charge in [-0.25, -0.2) is 4.79 Å². The van der Waals surface area contributed by atoms with Crippen LogP contribution in [0.25, 0.3) is 0 Å². The Morgan fingerprint density at radius 2 is 1.62 bits per heavy atom. The molecule has 0 bridgehead atoms. The Kier molecular flexibility index (Phi) is 7.61. The standard InChI is InChI=1S/C8H8O3.2ClH/c9-7(8(10)11)6-4-2-1-3-5-6;;/h1-5,7,9H,(H,10,11);2*1H. The van der Waals surface area contributed by atoms with Crippen LogP contribution in [0.4, 0.5) is 0 Å². The summed E-state index contributed by atoms with van der Waals surface area (Å²) in [5.74, 6) is -1.23. The average Bonchev–Trinajstić information content (AvgIpc) is 2.05. The molecule has 5 heteroatoms. The Balaban J connectivity index is 0. The highest BCUT2D eigenvalue weighted by molar-refractivity contribution is 5.85. The Labute approximate surface area is 88.2 Å². The van der Waals surface area contributed by atoms with Crippen molar-refractivity contribution in [3.63, 3.8) is 0 Å². The molecule has 1 rings (SSSR count). The molecular weight excluding hydrogens is 215 g/mol. The minimum absolute atomic E-state index is 0. The first-order valence-electron chi connectivity index (χ1n) is 3.17. The number of carboxylic acids is 1. The molecule has 0 saturated heterocycles. The number of rotatable bonds is 2. The number of carboxylic acid groups (broad SMARTS) is 1. The maximum absolute atomic E-state index is 10.2. The number of aliphatic carboxylic acids is 1. The predicted octanol–water partition coefficient (Wildman–Crippen LogP) is 1.65. The molecule has 0 saturated carbocycles. The molecule has 0 radical (unpaired) electrons. The highest BCUT2D eigenvalue weighted by Crippen LogP contribution is 2.10. The van der Waals surface area contributed by atoms with Crippen molar-refractivity contribution in [3.05, 3.63) is 35.9 Å². The Morgan fingerprint density at radius 3 is 2.00 bits per heavy atom. The van der Waals surface area contributed by atoms with Gasteiger partial charge < -0.3 is 10.2 Å². The highest BCUT2D eigenvalue weighted by Gasteiger charge is 2.14. The topological polar surface area (TPSA) is 57.5 Å². The Hall–Kier alpha value is -0.770. The molecule has 3 nitrogen and oxygen atoms in total. The number of carbonyl (C=O) groups is 1. The van der Waals surface area contributed by atoms with Gasteiger partial charge in [0.1, 0.15) is 0 Å². The van der Waals surface area contributed by atoms with Crippen LogP contribution in [0.2, 0.25) is 0 Å². The van der Waals surface area contributed by atoms with Gasteiger partial charge in [-0.15, -0.1) is 24.8 Å². The van der Waals surface area contributed by atoms with Crippen LogP contribution in [0.5, 0.6) is 0 Å². The molecule has 0 fully saturated rings. The molecule has 1 atom stereocenters. The van der Waals surface area contributed by atoms with Crippen LogP contribution in [0.15, 0.2) is 30.3 Å². The van der Waals surface area contributed by atoms with Crippen molar-refractivity contribution in [2.75, 3.05) is 0 Å². The number of benzene rings is 1. The van der Waals surface area contributed by atoms with Crippen LogP contribution in [0.1, 0.15) is 11.7 Å². The second-order valence-electron chi connectivity index (χ2n) is 2.15. The molecule has 0 aliphatic rings. The van der Waals surface area contributed by atoms with Crippen LogP contribution in [-0.2, 0) is 4.79 Å². The van der Waals surface area contributed by atoms with Crippen molar-refractivity contribution in [1.29, 1.82) is 0 Å². The number of aliphatic hydroxyl groups excluding tert-OH is 1. The maximum atomic E-state index is 10.2. The monoisotopic (exact) mass is 224 g/mol. The lowest BCUT2D eigenvalue weighted by molar-refractivity contribution is -0.146. The van der Waals surface area contributed by atoms with E-state index in [1.165, 1.54) is 0 Å². The summed E-state index contributed by atoms with van der Waals surface area (Å²) in [6.45, 7) is 0. The van der Waals surface area contributed by atoms with E-state index in [1.807, 2.05) is 0 Å². The summed E-state index contributed by atoms with van der Waals surface area (Å²) in [4.78, 5) is 10.2. The van der Waals surface area contributed by atoms with E-state index in [9.17, 15) is 4.79 Å². The second kappa shape index (κ2) is 6.71. The summed E-state index contributed by atoms with van der Waals surface area (Å²) in [5.41, 5.74) is 0.403. The van der Waals surface area contributed by atoms with E-state index in [-0.39, 0.29) is 24.8 Å². The zero-order valence-corrected chi connectivity index (χ0v) is 8.22. The lowest BCUT2D eigenvalue weighted by atomic mass is 10.1. The summed E-state index contributed by atoms with van der Waals surface area (Å²) < 4.78 is 0. The van der Waals surface area contributed by atoms with Crippen LogP contribution < -0.4 is 0 Å². The van der Waals surface area contributed by atoms with Crippen molar-refractivity contribution in [2.45, 2.75) is 6.10 Å². The van der Waals surface area contributed by atoms with Crippen molar-refractivity contribution in [3.8, 4) is 0 Å². The van der Waals surface area contributed by atoms with Crippen LogP contribution in [-0.4, -0.2) is 16.2 Å². The minimum Gasteiger partial charge on any atom is -0.479 e. The zero-order valence-electron chi connectivity index (χ0n) is 6.58. The zero-order chi connectivity index (χ0) is 8.27. The lowest BCUT2D eigenvalue weighted by Crippen LogP contribution is -2.09. The first kappa shape index (κ1) is 14.7. The van der Waals surface area contributed by atoms with Gasteiger partial charge in [0.15, 0.2) is 6.10 Å². The molecule has 0 aromatic heterocycles. The van der Waals surface area contributed by atoms with Crippen molar-refractivity contribution in [1.82, 2.24) is 0 Å². The quantitative estimate of drug-likeness (QED) is 0.804. The summed E-state index contributed by atoms with van der Waals surface area (Å²) >= 11 is 0. The molecular formula is C8H10Cl2O3. The van der Waals surface area contributed by atoms with Gasteiger partial charge in [0, 0.05) is 0 Å². The summed E-state index contributed by atoms with van der Waals surface area (Å²) in [7, 11) is 0. The van der Waals surface area contributed by atoms with Crippen LogP contribution in [0.3, 0.4) is 0 Å². The van der Waals surface area contributed by atoms with E-state index in [1.54, 1.807) is 30.3 Å². The second-order valence-corrected chi connectivity index (χ2v) is 2.15. The molecule has 1 aromatic rings. The molecule has 0 aliphatic heterocycles. The lowest BCUT2D eigenvalue weighted by Gasteiger charge is -2.03. The van der Waals surface area contributed by atoms with Crippen molar-refractivity contribution in [2.24, 2.45) is 0 Å². The largest absolute Gasteiger partial charge is 0.479 e. The van der Waals surface area contributed by atoms with Gasteiger partial charge in [-0.3, -0.25) is 0 Å². The van der Waals surface area contributed by atoms with Gasteiger partial charge in [0.05, 0.1) is 0 Å². The van der Waals surface area contributed by atoms with E-state index in [4.69, 9.17) is 10.2 Å². The first-order valence-corrected chi connectivity index (χ1v) is 3.17. The molecule has 0 spiro atoms. The maximum Gasteiger partial charge on any atom is 0.337 e. The summed E-state index contributed by atoms with van der Waals surface area (Å²) in [6, 6.07) is 8.26. The average molecular weight is 225 g/mol. The molecule has 0 heterocycles. The first-order chi connectivity index (χ1) is 5.22. The summed E-state index contributed by atoms with van der Waals surface area (Å²) in [5, 5.41) is 17.4. The van der Waals surface area contributed by atoms with E-state index >= 15 is 0 Å². The number of halogens is 2. The Bertz CT molecular complexity index is 251. The van der Waals surface area contributed by atoms with E-state index in [2.05, 4.69) is 0 Å². The molecule has 1 aromatic carbocycles. The molecule has 0 aliphatic carbocycles. The van der Waals surface area contributed by atoms with Gasteiger partial charge >= 0.3 is 5.97 Å². The predicted molar refractivity (Wildman–Crippen MR) is 53.5 cm³/mol. The third-order valence-electron chi connectivity index (χ3n) is 1.35. The molecule has 2 N–H and O–H groups in total. The molecule has 74 valence electrons. The fourth-order valence-corrected chi connectivity index (χ4v) is 0.778. The van der Waals surface area contributed by atoms with Gasteiger partial charge in [0.25, 0.3) is 0 Å². The fraction of sp³-hybridized carbons (Fsp3) is 0.125. The van der Waals surface area contributed by atoms with Gasteiger partial charge in [-0.1, -0.05) is 30.3 Å². The minimum atomic E-state index is -1.41. The number of hydrogen-bond acceptors (Lipinski definition) is 2. The van der Waals surface area contributed by atoms with Gasteiger partial charge in [-0.2, -0.15) is 0 Å². The highest BCUT2D eigenvalue weighted by atomic mass is 35.5. The van der Waals surface area contributed by atoms with Gasteiger partial charge in [0.2, 0.25) is 0 Å². The Morgan fingerprint density at radius 1 is 1.15 bits per heavy atom. The van der Waals surface area contributed by atoms with E-state index < -0.39 is 12.1 Å². The molecule has 1 unspecified atom stereocenters. The van der Waals surface area contributed by atoms with E-state index in [0.717, 1.165) is 0 Å². The van der Waals surface area contributed by atoms with Crippen molar-refractivity contribution >= 4 is 30.8 Å². The summed E-state index contributed by atoms with van der Waals surface area (Å²) in [6.07, 6.45) is -1.41.